The van der Waals surface area contributed by atoms with Gasteiger partial charge in [0.15, 0.2) is 5.58 Å². The van der Waals surface area contributed by atoms with Crippen molar-refractivity contribution in [2.45, 2.75) is 4.90 Å². The van der Waals surface area contributed by atoms with Crippen LogP contribution in [0.4, 0.5) is 0 Å². The number of benzene rings is 2. The summed E-state index contributed by atoms with van der Waals surface area (Å²) in [5.74, 6) is 0. The Morgan fingerprint density at radius 2 is 1.70 bits per heavy atom. The number of pyridine rings is 1. The summed E-state index contributed by atoms with van der Waals surface area (Å²) in [5.41, 5.74) is 2.95. The minimum atomic E-state index is -1.43. The molecule has 4 aromatic rings. The van der Waals surface area contributed by atoms with E-state index in [1.807, 2.05) is 54.6 Å². The van der Waals surface area contributed by atoms with E-state index in [1.54, 1.807) is 0 Å². The molecule has 0 saturated carbocycles. The highest BCUT2D eigenvalue weighted by Crippen LogP contribution is 2.36. The average Bonchev–Trinajstić information content (AvgIpc) is 2.92. The van der Waals surface area contributed by atoms with Crippen LogP contribution in [-0.2, 0) is 10.8 Å². The fraction of sp³-hybridized carbons (Fsp3) is 0.0556. The van der Waals surface area contributed by atoms with Crippen molar-refractivity contribution in [1.29, 1.82) is 0 Å². The second-order valence-electron chi connectivity index (χ2n) is 5.28. The quantitative estimate of drug-likeness (QED) is 0.612. The lowest BCUT2D eigenvalue weighted by atomic mass is 10.1. The monoisotopic (exact) mass is 323 g/mol. The summed E-state index contributed by atoms with van der Waals surface area (Å²) in [7, 11) is -1.43. The van der Waals surface area contributed by atoms with E-state index in [1.165, 1.54) is 6.26 Å². The third-order valence-electron chi connectivity index (χ3n) is 3.84. The molecule has 0 spiro atoms. The molecular weight excluding hydrogens is 310 g/mol. The Kier molecular flexibility index (Phi) is 3.16. The summed E-state index contributed by atoms with van der Waals surface area (Å²) in [4.78, 5) is 15.6. The molecule has 2 heterocycles. The van der Waals surface area contributed by atoms with Crippen molar-refractivity contribution >= 4 is 32.9 Å². The third kappa shape index (κ3) is 2.12. The Morgan fingerprint density at radius 3 is 2.43 bits per heavy atom. The molecule has 0 aliphatic heterocycles. The van der Waals surface area contributed by atoms with Crippen LogP contribution in [-0.4, -0.2) is 15.4 Å². The number of hydrogen-bond acceptors (Lipinski definition) is 3. The zero-order chi connectivity index (χ0) is 16.0. The minimum Gasteiger partial charge on any atom is -0.454 e. The van der Waals surface area contributed by atoms with Crippen molar-refractivity contribution in [3.8, 4) is 11.1 Å². The largest absolute Gasteiger partial charge is 0.454 e. The summed E-state index contributed by atoms with van der Waals surface area (Å²) in [6.45, 7) is 0. The number of aromatic nitrogens is 1. The highest BCUT2D eigenvalue weighted by Gasteiger charge is 2.21. The van der Waals surface area contributed by atoms with E-state index in [9.17, 15) is 9.00 Å². The van der Waals surface area contributed by atoms with Crippen LogP contribution >= 0.6 is 0 Å². The number of H-pyrrole nitrogens is 1. The number of hydrogen-bond donors (Lipinski definition) is 1. The minimum absolute atomic E-state index is 0.239. The van der Waals surface area contributed by atoms with Crippen LogP contribution < -0.4 is 5.56 Å². The molecule has 0 saturated heterocycles. The zero-order valence-electron chi connectivity index (χ0n) is 12.3. The maximum atomic E-state index is 12.5. The third-order valence-corrected chi connectivity index (χ3v) is 4.81. The van der Waals surface area contributed by atoms with Gasteiger partial charge in [-0.15, -0.1) is 0 Å². The normalized spacial score (nSPS) is 12.7. The molecule has 1 atom stereocenters. The number of fused-ring (bicyclic) bond motifs is 3. The van der Waals surface area contributed by atoms with E-state index in [2.05, 4.69) is 4.98 Å². The lowest BCUT2D eigenvalue weighted by Crippen LogP contribution is -2.14. The fourth-order valence-corrected chi connectivity index (χ4v) is 3.68. The summed E-state index contributed by atoms with van der Waals surface area (Å²) >= 11 is 0. The topological polar surface area (TPSA) is 63.1 Å². The van der Waals surface area contributed by atoms with Crippen LogP contribution in [0.15, 0.2) is 68.7 Å². The number of aromatic amines is 1. The van der Waals surface area contributed by atoms with E-state index in [-0.39, 0.29) is 10.5 Å². The van der Waals surface area contributed by atoms with Gasteiger partial charge in [0.2, 0.25) is 0 Å². The number of rotatable bonds is 2. The number of para-hydroxylation sites is 1. The first-order valence-corrected chi connectivity index (χ1v) is 8.69. The van der Waals surface area contributed by atoms with Gasteiger partial charge >= 0.3 is 0 Å². The second-order valence-corrected chi connectivity index (χ2v) is 6.60. The van der Waals surface area contributed by atoms with Crippen molar-refractivity contribution in [2.75, 3.05) is 6.26 Å². The SMILES string of the molecule is CS(=O)c1c(-c2ccccc2)c2oc3ccccc3c2[nH]c1=O. The molecule has 4 rings (SSSR count). The molecule has 0 amide bonds. The highest BCUT2D eigenvalue weighted by atomic mass is 32.2. The summed E-state index contributed by atoms with van der Waals surface area (Å²) < 4.78 is 18.1. The van der Waals surface area contributed by atoms with E-state index in [0.29, 0.717) is 22.2 Å². The maximum absolute atomic E-state index is 12.5. The van der Waals surface area contributed by atoms with Gasteiger partial charge in [0.1, 0.15) is 10.5 Å². The van der Waals surface area contributed by atoms with Crippen LogP contribution in [0.1, 0.15) is 0 Å². The van der Waals surface area contributed by atoms with Crippen molar-refractivity contribution in [3.05, 3.63) is 65.0 Å². The number of nitrogens with one attached hydrogen (secondary N) is 1. The summed E-state index contributed by atoms with van der Waals surface area (Å²) in [6, 6.07) is 17.0. The summed E-state index contributed by atoms with van der Waals surface area (Å²) in [5, 5.41) is 0.838. The first kappa shape index (κ1) is 14.0. The Bertz CT molecular complexity index is 1110. The van der Waals surface area contributed by atoms with Crippen LogP contribution in [0.2, 0.25) is 0 Å². The van der Waals surface area contributed by atoms with E-state index < -0.39 is 10.8 Å². The molecule has 0 radical (unpaired) electrons. The van der Waals surface area contributed by atoms with E-state index in [4.69, 9.17) is 4.42 Å². The second kappa shape index (κ2) is 5.21. The molecule has 0 fully saturated rings. The van der Waals surface area contributed by atoms with Crippen molar-refractivity contribution in [2.24, 2.45) is 0 Å². The summed E-state index contributed by atoms with van der Waals surface area (Å²) in [6.07, 6.45) is 1.51. The lowest BCUT2D eigenvalue weighted by Gasteiger charge is -2.07. The van der Waals surface area contributed by atoms with Crippen LogP contribution in [0.25, 0.3) is 33.2 Å². The van der Waals surface area contributed by atoms with Gasteiger partial charge < -0.3 is 9.40 Å². The molecule has 1 unspecified atom stereocenters. The number of furan rings is 1. The average molecular weight is 323 g/mol. The van der Waals surface area contributed by atoms with Gasteiger partial charge in [-0.2, -0.15) is 0 Å². The smallest absolute Gasteiger partial charge is 0.265 e. The predicted molar refractivity (Wildman–Crippen MR) is 92.1 cm³/mol. The molecule has 0 aliphatic carbocycles. The van der Waals surface area contributed by atoms with E-state index in [0.717, 1.165) is 10.9 Å². The highest BCUT2D eigenvalue weighted by molar-refractivity contribution is 7.84. The molecule has 23 heavy (non-hydrogen) atoms. The molecule has 0 bridgehead atoms. The van der Waals surface area contributed by atoms with Crippen LogP contribution in [0.3, 0.4) is 0 Å². The van der Waals surface area contributed by atoms with Crippen LogP contribution in [0.5, 0.6) is 0 Å². The first-order chi connectivity index (χ1) is 11.2. The van der Waals surface area contributed by atoms with Gasteiger partial charge in [0.05, 0.1) is 16.3 Å². The standard InChI is InChI=1S/C18H13NO3S/c1-23(21)17-14(11-7-3-2-4-8-11)16-15(19-18(17)20)12-9-5-6-10-13(12)22-16/h2-10H,1H3,(H,19,20). The van der Waals surface area contributed by atoms with E-state index >= 15 is 0 Å². The predicted octanol–water partition coefficient (Wildman–Crippen LogP) is 3.68. The molecule has 4 nitrogen and oxygen atoms in total. The molecule has 2 aromatic carbocycles. The molecule has 1 N–H and O–H groups in total. The van der Waals surface area contributed by atoms with Crippen molar-refractivity contribution in [3.63, 3.8) is 0 Å². The molecule has 5 heteroatoms. The zero-order valence-corrected chi connectivity index (χ0v) is 13.1. The van der Waals surface area contributed by atoms with Crippen molar-refractivity contribution in [1.82, 2.24) is 4.98 Å². The van der Waals surface area contributed by atoms with Gasteiger partial charge in [0.25, 0.3) is 5.56 Å². The first-order valence-electron chi connectivity index (χ1n) is 7.13. The fourth-order valence-electron chi connectivity index (χ4n) is 2.87. The lowest BCUT2D eigenvalue weighted by molar-refractivity contribution is 0.665. The maximum Gasteiger partial charge on any atom is 0.265 e. The Hall–Kier alpha value is -2.66. The molecular formula is C18H13NO3S. The Labute approximate surface area is 134 Å². The van der Waals surface area contributed by atoms with Crippen molar-refractivity contribution < 1.29 is 8.63 Å². The van der Waals surface area contributed by atoms with Gasteiger partial charge in [-0.3, -0.25) is 9.00 Å². The molecule has 2 aromatic heterocycles. The molecule has 0 aliphatic rings. The molecule has 114 valence electrons. The Balaban J connectivity index is 2.26. The van der Waals surface area contributed by atoms with Gasteiger partial charge in [-0.05, 0) is 17.7 Å². The Morgan fingerprint density at radius 1 is 1.00 bits per heavy atom. The van der Waals surface area contributed by atoms with Gasteiger partial charge in [0, 0.05) is 17.2 Å². The van der Waals surface area contributed by atoms with Gasteiger partial charge in [-0.25, -0.2) is 0 Å². The van der Waals surface area contributed by atoms with Gasteiger partial charge in [-0.1, -0.05) is 42.5 Å². The van der Waals surface area contributed by atoms with Crippen LogP contribution in [0, 0.1) is 0 Å².